The van der Waals surface area contributed by atoms with E-state index in [1.54, 1.807) is 25.5 Å². The van der Waals surface area contributed by atoms with Crippen molar-refractivity contribution in [1.82, 2.24) is 0 Å². The summed E-state index contributed by atoms with van der Waals surface area (Å²) in [6, 6.07) is 66.6. The molecule has 0 aromatic heterocycles. The SMILES string of the molecule is CCCCCCc1ccc(N=Cc2ccc(N(CCCN)CCCN)cc2)cc1.COc1ccc(C=Nc2ccc(N(CCN)CCN)cc2)cc1.NCCN(CCN)c1ccc(N=Cc2ccccc2)cc1.[C-]#[N+]c1ccc(C=Nc2ccc(N(CCN)CCN)cc2)cc1. The molecule has 0 saturated carbocycles. The zero-order chi connectivity index (χ0) is 68.6. The smallest absolute Gasteiger partial charge is 0.187 e. The minimum absolute atomic E-state index is 0.598. The van der Waals surface area contributed by atoms with Crippen LogP contribution in [-0.4, -0.2) is 137 Å². The number of nitrogens with two attached hydrogens (primary N) is 8. The lowest BCUT2D eigenvalue weighted by atomic mass is 10.1. The minimum Gasteiger partial charge on any atom is -0.497 e. The normalized spacial score (nSPS) is 11.0. The molecule has 8 aromatic rings. The fraction of sp³-hybridized carbons (Fsp3) is 0.321. The first-order chi connectivity index (χ1) is 47.1. The molecule has 508 valence electrons. The average Bonchev–Trinajstić information content (AvgIpc) is 1.56. The van der Waals surface area contributed by atoms with Gasteiger partial charge in [0.05, 0.1) is 36.4 Å². The van der Waals surface area contributed by atoms with E-state index in [1.165, 1.54) is 36.9 Å². The van der Waals surface area contributed by atoms with E-state index in [-0.39, 0.29) is 0 Å². The molecular formula is C78H105N17O. The molecule has 0 aliphatic rings. The van der Waals surface area contributed by atoms with Crippen LogP contribution in [-0.2, 0) is 6.42 Å². The molecule has 18 heteroatoms. The van der Waals surface area contributed by atoms with E-state index < -0.39 is 0 Å². The Bertz CT molecular complexity index is 3420. The predicted octanol–water partition coefficient (Wildman–Crippen LogP) is 12.1. The summed E-state index contributed by atoms with van der Waals surface area (Å²) in [5.74, 6) is 0.839. The Labute approximate surface area is 572 Å². The summed E-state index contributed by atoms with van der Waals surface area (Å²) in [6.45, 7) is 21.0. The maximum Gasteiger partial charge on any atom is 0.187 e. The summed E-state index contributed by atoms with van der Waals surface area (Å²) in [5.41, 5.74) is 59.7. The molecule has 16 N–H and O–H groups in total. The van der Waals surface area contributed by atoms with Crippen LogP contribution >= 0.6 is 0 Å². The Balaban J connectivity index is 0.000000233. The fourth-order valence-electron chi connectivity index (χ4n) is 9.96. The molecule has 0 saturated heterocycles. The van der Waals surface area contributed by atoms with Crippen LogP contribution < -0.4 is 70.2 Å². The van der Waals surface area contributed by atoms with Crippen LogP contribution in [0.4, 0.5) is 51.2 Å². The molecule has 0 unspecified atom stereocenters. The number of methoxy groups -OCH3 is 1. The predicted molar refractivity (Wildman–Crippen MR) is 412 cm³/mol. The first kappa shape index (κ1) is 77.3. The average molecular weight is 1300 g/mol. The van der Waals surface area contributed by atoms with Crippen LogP contribution in [0, 0.1) is 6.57 Å². The Hall–Kier alpha value is -9.39. The van der Waals surface area contributed by atoms with E-state index in [9.17, 15) is 0 Å². The fourth-order valence-corrected chi connectivity index (χ4v) is 9.96. The third-order valence-electron chi connectivity index (χ3n) is 15.2. The number of benzene rings is 8. The van der Waals surface area contributed by atoms with Gasteiger partial charge in [0.2, 0.25) is 0 Å². The largest absolute Gasteiger partial charge is 0.497 e. The van der Waals surface area contributed by atoms with Gasteiger partial charge in [0.25, 0.3) is 0 Å². The van der Waals surface area contributed by atoms with Crippen LogP contribution in [0.3, 0.4) is 0 Å². The van der Waals surface area contributed by atoms with Gasteiger partial charge in [0.15, 0.2) is 5.69 Å². The second-order valence-corrected chi connectivity index (χ2v) is 22.5. The highest BCUT2D eigenvalue weighted by molar-refractivity contribution is 5.84. The van der Waals surface area contributed by atoms with Gasteiger partial charge in [-0.25, -0.2) is 4.85 Å². The van der Waals surface area contributed by atoms with Crippen molar-refractivity contribution in [3.63, 3.8) is 0 Å². The van der Waals surface area contributed by atoms with Crippen molar-refractivity contribution in [3.8, 4) is 5.75 Å². The van der Waals surface area contributed by atoms with Gasteiger partial charge in [-0.1, -0.05) is 105 Å². The van der Waals surface area contributed by atoms with Crippen LogP contribution in [0.15, 0.2) is 220 Å². The van der Waals surface area contributed by atoms with Crippen molar-refractivity contribution >= 4 is 76.0 Å². The Morgan fingerprint density at radius 3 is 0.979 bits per heavy atom. The molecule has 0 spiro atoms. The summed E-state index contributed by atoms with van der Waals surface area (Å²) in [4.78, 5) is 30.3. The molecule has 18 nitrogen and oxygen atoms in total. The zero-order valence-electron chi connectivity index (χ0n) is 56.7. The molecule has 0 aliphatic carbocycles. The molecule has 8 rings (SSSR count). The number of aryl methyl sites for hydroxylation is 1. The topological polar surface area (TPSA) is 284 Å². The number of hydrogen-bond acceptors (Lipinski definition) is 17. The molecule has 0 heterocycles. The maximum atomic E-state index is 6.94. The van der Waals surface area contributed by atoms with E-state index in [0.717, 1.165) is 139 Å². The first-order valence-corrected chi connectivity index (χ1v) is 33.6. The molecular weight excluding hydrogens is 1190 g/mol. The maximum absolute atomic E-state index is 6.94. The lowest BCUT2D eigenvalue weighted by Crippen LogP contribution is -2.33. The highest BCUT2D eigenvalue weighted by Gasteiger charge is 2.09. The summed E-state index contributed by atoms with van der Waals surface area (Å²) in [6.07, 6.45) is 15.8. The van der Waals surface area contributed by atoms with Gasteiger partial charge in [-0.2, -0.15) is 0 Å². The summed E-state index contributed by atoms with van der Waals surface area (Å²) < 4.78 is 5.14. The van der Waals surface area contributed by atoms with Crippen molar-refractivity contribution in [3.05, 3.63) is 239 Å². The van der Waals surface area contributed by atoms with E-state index in [1.807, 2.05) is 146 Å². The zero-order valence-corrected chi connectivity index (χ0v) is 56.7. The van der Waals surface area contributed by atoms with Gasteiger partial charge >= 0.3 is 0 Å². The Kier molecular flexibility index (Phi) is 38.2. The number of rotatable bonds is 36. The molecule has 8 aromatic carbocycles. The second kappa shape index (κ2) is 47.5. The molecule has 0 atom stereocenters. The molecule has 0 radical (unpaired) electrons. The molecule has 0 amide bonds. The number of nitrogens with zero attached hydrogens (tertiary/aromatic N) is 9. The van der Waals surface area contributed by atoms with E-state index in [0.29, 0.717) is 58.0 Å². The van der Waals surface area contributed by atoms with Gasteiger partial charge in [0.1, 0.15) is 5.75 Å². The van der Waals surface area contributed by atoms with Crippen molar-refractivity contribution < 1.29 is 4.74 Å². The Morgan fingerprint density at radius 2 is 0.656 bits per heavy atom. The quantitative estimate of drug-likeness (QED) is 0.0103. The first-order valence-electron chi connectivity index (χ1n) is 33.6. The van der Waals surface area contributed by atoms with E-state index in [2.05, 4.69) is 112 Å². The van der Waals surface area contributed by atoms with Gasteiger partial charge < -0.3 is 70.2 Å². The third kappa shape index (κ3) is 29.9. The number of hydrogen-bond donors (Lipinski definition) is 8. The molecule has 0 bridgehead atoms. The van der Waals surface area contributed by atoms with Gasteiger partial charge in [-0.05, 0) is 188 Å². The second-order valence-electron chi connectivity index (χ2n) is 22.5. The highest BCUT2D eigenvalue weighted by atomic mass is 16.5. The van der Waals surface area contributed by atoms with Gasteiger partial charge in [-0.15, -0.1) is 0 Å². The van der Waals surface area contributed by atoms with Crippen molar-refractivity contribution in [1.29, 1.82) is 0 Å². The standard InChI is InChI=1S/C25H38N4.C18H21N5.C18H24N4O.C17H22N4/c1-2-3-4-5-8-22-9-13-24(14-10-22)28-21-23-11-15-25(16-12-23)29(19-6-17-26)20-7-18-27;1-21-16-4-2-15(3-5-16)14-22-17-6-8-18(9-7-17)23(12-10-19)13-11-20;1-23-18-8-2-15(3-9-18)14-21-16-4-6-17(7-5-16)22(12-10-19)13-11-20;18-10-12-21(13-11-19)17-8-6-16(7-9-17)20-14-15-4-2-1-3-5-15/h9-16,21H,2-8,17-20,26-27H2,1H3;2-9,14H,10-13,19-20H2;2-9,14H,10-13,19-20H2,1H3;1-9,14H,10-13,18-19H2. The van der Waals surface area contributed by atoms with Gasteiger partial charge in [-0.3, -0.25) is 20.0 Å². The third-order valence-corrected chi connectivity index (χ3v) is 15.2. The van der Waals surface area contributed by atoms with E-state index >= 15 is 0 Å². The van der Waals surface area contributed by atoms with Crippen molar-refractivity contribution in [2.45, 2.75) is 51.9 Å². The lowest BCUT2D eigenvalue weighted by molar-refractivity contribution is 0.415. The Morgan fingerprint density at radius 1 is 0.344 bits per heavy atom. The number of ether oxygens (including phenoxy) is 1. The molecule has 0 fully saturated rings. The van der Waals surface area contributed by atoms with Crippen LogP contribution in [0.1, 0.15) is 73.3 Å². The number of unbranched alkanes of at least 4 members (excludes halogenated alkanes) is 3. The highest BCUT2D eigenvalue weighted by Crippen LogP contribution is 2.24. The van der Waals surface area contributed by atoms with Crippen molar-refractivity contribution in [2.75, 3.05) is 131 Å². The summed E-state index contributed by atoms with van der Waals surface area (Å²) in [7, 11) is 1.66. The minimum atomic E-state index is 0.598. The van der Waals surface area contributed by atoms with Crippen molar-refractivity contribution in [2.24, 2.45) is 65.8 Å². The number of aliphatic imine (C=N–C) groups is 4. The lowest BCUT2D eigenvalue weighted by Gasteiger charge is -2.24. The molecule has 96 heavy (non-hydrogen) atoms. The van der Waals surface area contributed by atoms with Crippen LogP contribution in [0.5, 0.6) is 5.75 Å². The molecule has 0 aliphatic heterocycles. The number of anilines is 4. The van der Waals surface area contributed by atoms with Crippen LogP contribution in [0.25, 0.3) is 4.85 Å². The van der Waals surface area contributed by atoms with E-state index in [4.69, 9.17) is 57.2 Å². The van der Waals surface area contributed by atoms with Gasteiger partial charge in [0, 0.05) is 139 Å². The van der Waals surface area contributed by atoms with Crippen LogP contribution in [0.2, 0.25) is 0 Å². The summed E-state index contributed by atoms with van der Waals surface area (Å²) in [5, 5.41) is 0. The monoisotopic (exact) mass is 1300 g/mol. The summed E-state index contributed by atoms with van der Waals surface area (Å²) >= 11 is 0.